The zero-order valence-corrected chi connectivity index (χ0v) is 17.0. The van der Waals surface area contributed by atoms with Crippen LogP contribution >= 0.6 is 0 Å². The molecule has 3 heteroatoms. The maximum Gasteiger partial charge on any atom is 0.193 e. The first-order valence-electron chi connectivity index (χ1n) is 10.5. The molecule has 4 aromatic carbocycles. The topological polar surface area (TPSA) is 36.4 Å². The number of hydrogen-bond donors (Lipinski definition) is 2. The molecule has 4 aromatic rings. The van der Waals surface area contributed by atoms with Crippen molar-refractivity contribution < 1.29 is 0 Å². The molecule has 0 aliphatic carbocycles. The molecular weight excluding hydrogens is 366 g/mol. The number of benzene rings is 4. The maximum absolute atomic E-state index is 5.06. The van der Waals surface area contributed by atoms with Gasteiger partial charge in [-0.25, -0.2) is 4.99 Å². The molecule has 0 radical (unpaired) electrons. The first-order valence-corrected chi connectivity index (χ1v) is 10.5. The van der Waals surface area contributed by atoms with Crippen molar-refractivity contribution in [3.8, 4) is 0 Å². The van der Waals surface area contributed by atoms with Crippen molar-refractivity contribution in [1.29, 1.82) is 0 Å². The second kappa shape index (κ2) is 8.03. The summed E-state index contributed by atoms with van der Waals surface area (Å²) >= 11 is 0. The van der Waals surface area contributed by atoms with E-state index in [9.17, 15) is 0 Å². The molecule has 148 valence electrons. The Morgan fingerprint density at radius 2 is 1.37 bits per heavy atom. The van der Waals surface area contributed by atoms with Crippen LogP contribution in [0, 0.1) is 0 Å². The monoisotopic (exact) mass is 391 g/mol. The van der Waals surface area contributed by atoms with Crippen LogP contribution in [0.2, 0.25) is 0 Å². The Balaban J connectivity index is 1.45. The molecule has 1 aliphatic heterocycles. The third-order valence-corrected chi connectivity index (χ3v) is 5.82. The van der Waals surface area contributed by atoms with Gasteiger partial charge < -0.3 is 10.6 Å². The molecule has 0 unspecified atom stereocenters. The molecule has 0 aromatic heterocycles. The molecule has 30 heavy (non-hydrogen) atoms. The summed E-state index contributed by atoms with van der Waals surface area (Å²) in [5.74, 6) is 0.846. The average Bonchev–Trinajstić information content (AvgIpc) is 3.23. The third kappa shape index (κ3) is 3.55. The van der Waals surface area contributed by atoms with Crippen molar-refractivity contribution in [2.75, 3.05) is 0 Å². The van der Waals surface area contributed by atoms with E-state index >= 15 is 0 Å². The first-order chi connectivity index (χ1) is 14.8. The van der Waals surface area contributed by atoms with Crippen molar-refractivity contribution in [2.45, 2.75) is 25.0 Å². The van der Waals surface area contributed by atoms with Crippen LogP contribution in [0.3, 0.4) is 0 Å². The summed E-state index contributed by atoms with van der Waals surface area (Å²) in [6.07, 6.45) is 0. The van der Waals surface area contributed by atoms with Crippen LogP contribution in [-0.2, 0) is 0 Å². The van der Waals surface area contributed by atoms with E-state index < -0.39 is 0 Å². The smallest absolute Gasteiger partial charge is 0.193 e. The second-order valence-electron chi connectivity index (χ2n) is 7.80. The van der Waals surface area contributed by atoms with Gasteiger partial charge >= 0.3 is 0 Å². The van der Waals surface area contributed by atoms with E-state index in [4.69, 9.17) is 4.99 Å². The summed E-state index contributed by atoms with van der Waals surface area (Å²) in [6.45, 7) is 2.19. The van der Waals surface area contributed by atoms with Crippen LogP contribution in [0.1, 0.15) is 41.7 Å². The predicted molar refractivity (Wildman–Crippen MR) is 124 cm³/mol. The fourth-order valence-corrected chi connectivity index (χ4v) is 4.31. The van der Waals surface area contributed by atoms with Crippen LogP contribution in [0.25, 0.3) is 10.8 Å². The molecule has 3 atom stereocenters. The van der Waals surface area contributed by atoms with E-state index in [2.05, 4.69) is 121 Å². The third-order valence-electron chi connectivity index (χ3n) is 5.82. The average molecular weight is 392 g/mol. The lowest BCUT2D eigenvalue weighted by Crippen LogP contribution is -2.37. The number of fused-ring (bicyclic) bond motifs is 1. The standard InChI is InChI=1S/C27H25N3/c1-19(23-18-10-16-20-11-8-9-17-24(20)23)28-27-29-25(21-12-4-2-5-13-21)26(30-27)22-14-6-3-7-15-22/h2-19,25-26H,1H3,(H2,28,29,30)/t19-,25+,26+/m1/s1. The zero-order chi connectivity index (χ0) is 20.3. The van der Waals surface area contributed by atoms with Gasteiger partial charge in [0.1, 0.15) is 6.04 Å². The number of rotatable bonds is 4. The van der Waals surface area contributed by atoms with E-state index in [-0.39, 0.29) is 18.1 Å². The Morgan fingerprint density at radius 3 is 2.13 bits per heavy atom. The minimum atomic E-state index is 0.0378. The molecule has 5 rings (SSSR count). The van der Waals surface area contributed by atoms with E-state index in [0.717, 1.165) is 5.96 Å². The highest BCUT2D eigenvalue weighted by atomic mass is 15.3. The van der Waals surface area contributed by atoms with Crippen LogP contribution in [-0.4, -0.2) is 5.96 Å². The molecule has 1 aliphatic rings. The fraction of sp³-hybridized carbons (Fsp3) is 0.148. The van der Waals surface area contributed by atoms with Crippen molar-refractivity contribution in [1.82, 2.24) is 10.6 Å². The highest BCUT2D eigenvalue weighted by molar-refractivity contribution is 5.88. The molecule has 0 bridgehead atoms. The van der Waals surface area contributed by atoms with Crippen LogP contribution in [0.15, 0.2) is 108 Å². The Kier molecular flexibility index (Phi) is 4.94. The number of guanidine groups is 1. The number of aliphatic imine (C=N–C) groups is 1. The highest BCUT2D eigenvalue weighted by Gasteiger charge is 2.31. The minimum Gasteiger partial charge on any atom is -0.350 e. The molecule has 0 saturated carbocycles. The van der Waals surface area contributed by atoms with Gasteiger partial charge in [0, 0.05) is 0 Å². The van der Waals surface area contributed by atoms with Gasteiger partial charge in [-0.05, 0) is 34.4 Å². The molecule has 3 nitrogen and oxygen atoms in total. The normalized spacial score (nSPS) is 19.2. The highest BCUT2D eigenvalue weighted by Crippen LogP contribution is 2.36. The van der Waals surface area contributed by atoms with E-state index in [1.165, 1.54) is 27.5 Å². The second-order valence-corrected chi connectivity index (χ2v) is 7.80. The van der Waals surface area contributed by atoms with Gasteiger partial charge in [-0.2, -0.15) is 0 Å². The van der Waals surface area contributed by atoms with Crippen molar-refractivity contribution in [3.05, 3.63) is 120 Å². The molecule has 0 fully saturated rings. The molecule has 1 heterocycles. The number of nitrogens with zero attached hydrogens (tertiary/aromatic N) is 1. The number of nitrogens with one attached hydrogen (secondary N) is 2. The minimum absolute atomic E-state index is 0.0378. The quantitative estimate of drug-likeness (QED) is 0.452. The molecule has 0 spiro atoms. The van der Waals surface area contributed by atoms with Crippen LogP contribution in [0.4, 0.5) is 0 Å². The SMILES string of the molecule is C[C@@H](NC1=N[C@@H](c2ccccc2)[C@H](c2ccccc2)N1)c1cccc2ccccc12. The first kappa shape index (κ1) is 18.4. The lowest BCUT2D eigenvalue weighted by atomic mass is 9.95. The lowest BCUT2D eigenvalue weighted by molar-refractivity contribution is 0.568. The summed E-state index contributed by atoms with van der Waals surface area (Å²) in [4.78, 5) is 5.06. The van der Waals surface area contributed by atoms with Gasteiger partial charge in [-0.1, -0.05) is 103 Å². The Bertz CT molecular complexity index is 1160. The number of hydrogen-bond acceptors (Lipinski definition) is 3. The van der Waals surface area contributed by atoms with Crippen LogP contribution in [0.5, 0.6) is 0 Å². The Labute approximate surface area is 177 Å². The van der Waals surface area contributed by atoms with Gasteiger partial charge in [0.2, 0.25) is 0 Å². The predicted octanol–water partition coefficient (Wildman–Crippen LogP) is 5.93. The van der Waals surface area contributed by atoms with Crippen LogP contribution < -0.4 is 10.6 Å². The largest absolute Gasteiger partial charge is 0.350 e. The van der Waals surface area contributed by atoms with Crippen molar-refractivity contribution in [3.63, 3.8) is 0 Å². The van der Waals surface area contributed by atoms with E-state index in [1.54, 1.807) is 0 Å². The maximum atomic E-state index is 5.06. The fourth-order valence-electron chi connectivity index (χ4n) is 4.31. The summed E-state index contributed by atoms with van der Waals surface area (Å²) < 4.78 is 0. The van der Waals surface area contributed by atoms with Gasteiger partial charge in [-0.3, -0.25) is 0 Å². The van der Waals surface area contributed by atoms with Gasteiger partial charge in [0.15, 0.2) is 5.96 Å². The Hall–Kier alpha value is -3.59. The summed E-state index contributed by atoms with van der Waals surface area (Å²) in [6, 6.07) is 36.4. The van der Waals surface area contributed by atoms with E-state index in [0.29, 0.717) is 0 Å². The summed E-state index contributed by atoms with van der Waals surface area (Å²) in [5.41, 5.74) is 3.73. The van der Waals surface area contributed by atoms with Gasteiger partial charge in [0.05, 0.1) is 12.1 Å². The van der Waals surface area contributed by atoms with Gasteiger partial charge in [-0.15, -0.1) is 0 Å². The van der Waals surface area contributed by atoms with Crippen molar-refractivity contribution in [2.24, 2.45) is 4.99 Å². The van der Waals surface area contributed by atoms with E-state index in [1.807, 2.05) is 0 Å². The zero-order valence-electron chi connectivity index (χ0n) is 17.0. The molecule has 2 N–H and O–H groups in total. The Morgan fingerprint density at radius 1 is 0.733 bits per heavy atom. The lowest BCUT2D eigenvalue weighted by Gasteiger charge is -2.21. The van der Waals surface area contributed by atoms with Crippen molar-refractivity contribution >= 4 is 16.7 Å². The van der Waals surface area contributed by atoms with Gasteiger partial charge in [0.25, 0.3) is 0 Å². The molecular formula is C27H25N3. The summed E-state index contributed by atoms with van der Waals surface area (Å²) in [5, 5.41) is 9.80. The molecule has 0 amide bonds. The summed E-state index contributed by atoms with van der Waals surface area (Å²) in [7, 11) is 0. The molecule has 0 saturated heterocycles.